The summed E-state index contributed by atoms with van der Waals surface area (Å²) in [5.74, 6) is -2.65. The first-order valence-corrected chi connectivity index (χ1v) is 6.49. The van der Waals surface area contributed by atoms with Gasteiger partial charge >= 0.3 is 37.7 Å². The standard InChI is InChI=1S/2C7H12O4.Ca/c2*1-2-5(8)3-6(9)4-7(10)11;/h2*2,5-6,8-9H,1,3-4H2,(H,10,11);/q;;+2/p-2/t2*5-,6-;/m11./s1. The van der Waals surface area contributed by atoms with Gasteiger partial charge < -0.3 is 40.2 Å². The average Bonchev–Trinajstić information content (AvgIpc) is 2.36. The van der Waals surface area contributed by atoms with E-state index in [1.165, 1.54) is 12.2 Å². The van der Waals surface area contributed by atoms with Crippen molar-refractivity contribution < 1.29 is 40.2 Å². The summed E-state index contributed by atoms with van der Waals surface area (Å²) >= 11 is 0. The van der Waals surface area contributed by atoms with Crippen LogP contribution in [0, 0.1) is 0 Å². The monoisotopic (exact) mass is 358 g/mol. The first-order valence-electron chi connectivity index (χ1n) is 6.49. The molecule has 0 aliphatic carbocycles. The number of aliphatic carboxylic acids is 2. The van der Waals surface area contributed by atoms with Crippen molar-refractivity contribution in [3.63, 3.8) is 0 Å². The molecule has 0 aromatic carbocycles. The third-order valence-corrected chi connectivity index (χ3v) is 2.38. The zero-order valence-electron chi connectivity index (χ0n) is 12.8. The van der Waals surface area contributed by atoms with Crippen LogP contribution in [-0.4, -0.2) is 94.5 Å². The summed E-state index contributed by atoms with van der Waals surface area (Å²) < 4.78 is 0. The van der Waals surface area contributed by atoms with E-state index in [1.54, 1.807) is 0 Å². The van der Waals surface area contributed by atoms with Gasteiger partial charge in [-0.3, -0.25) is 0 Å². The minimum absolute atomic E-state index is 0. The number of carbonyl (C=O) groups is 2. The van der Waals surface area contributed by atoms with Gasteiger partial charge in [0, 0.05) is 37.6 Å². The van der Waals surface area contributed by atoms with Crippen molar-refractivity contribution in [2.24, 2.45) is 0 Å². The van der Waals surface area contributed by atoms with Crippen molar-refractivity contribution in [1.29, 1.82) is 0 Å². The molecule has 0 fully saturated rings. The fourth-order valence-corrected chi connectivity index (χ4v) is 1.30. The van der Waals surface area contributed by atoms with Crippen LogP contribution in [0.1, 0.15) is 25.7 Å². The maximum Gasteiger partial charge on any atom is 2.00 e. The number of hydrogen-bond donors (Lipinski definition) is 4. The van der Waals surface area contributed by atoms with E-state index in [-0.39, 0.29) is 50.6 Å². The first kappa shape index (κ1) is 27.4. The summed E-state index contributed by atoms with van der Waals surface area (Å²) in [5, 5.41) is 55.3. The molecule has 23 heavy (non-hydrogen) atoms. The van der Waals surface area contributed by atoms with Crippen molar-refractivity contribution in [2.45, 2.75) is 50.1 Å². The van der Waals surface area contributed by atoms with Crippen LogP contribution in [0.15, 0.2) is 25.3 Å². The van der Waals surface area contributed by atoms with Crippen molar-refractivity contribution in [3.05, 3.63) is 25.3 Å². The van der Waals surface area contributed by atoms with Gasteiger partial charge in [-0.1, -0.05) is 12.2 Å². The Kier molecular flexibility index (Phi) is 19.5. The topological polar surface area (TPSA) is 161 Å². The van der Waals surface area contributed by atoms with E-state index in [1.807, 2.05) is 0 Å². The smallest absolute Gasteiger partial charge is 0.550 e. The van der Waals surface area contributed by atoms with Crippen molar-refractivity contribution in [1.82, 2.24) is 0 Å². The van der Waals surface area contributed by atoms with E-state index in [4.69, 9.17) is 20.4 Å². The Morgan fingerprint density at radius 1 is 0.826 bits per heavy atom. The molecule has 128 valence electrons. The normalized spacial score (nSPS) is 14.8. The number of hydrogen-bond acceptors (Lipinski definition) is 8. The van der Waals surface area contributed by atoms with E-state index < -0.39 is 49.2 Å². The largest absolute Gasteiger partial charge is 2.00 e. The van der Waals surface area contributed by atoms with Gasteiger partial charge in [0.25, 0.3) is 0 Å². The number of rotatable bonds is 10. The molecule has 4 atom stereocenters. The molecule has 8 nitrogen and oxygen atoms in total. The number of aliphatic hydroxyl groups is 4. The Morgan fingerprint density at radius 2 is 1.09 bits per heavy atom. The number of carboxylic acids is 2. The molecule has 0 unspecified atom stereocenters. The van der Waals surface area contributed by atoms with Crippen molar-refractivity contribution in [2.75, 3.05) is 0 Å². The summed E-state index contributed by atoms with van der Waals surface area (Å²) in [5.41, 5.74) is 0. The maximum absolute atomic E-state index is 9.90. The molecule has 0 amide bonds. The predicted octanol–water partition coefficient (Wildman–Crippen LogP) is -3.53. The van der Waals surface area contributed by atoms with Crippen LogP contribution in [0.2, 0.25) is 0 Å². The molecule has 0 aliphatic heterocycles. The van der Waals surface area contributed by atoms with E-state index in [0.29, 0.717) is 0 Å². The predicted molar refractivity (Wildman–Crippen MR) is 78.7 cm³/mol. The van der Waals surface area contributed by atoms with E-state index >= 15 is 0 Å². The number of carboxylic acid groups (broad SMARTS) is 2. The van der Waals surface area contributed by atoms with Crippen LogP contribution in [0.4, 0.5) is 0 Å². The fraction of sp³-hybridized carbons (Fsp3) is 0.571. The van der Waals surface area contributed by atoms with Gasteiger partial charge in [-0.2, -0.15) is 0 Å². The summed E-state index contributed by atoms with van der Waals surface area (Å²) in [6.45, 7) is 6.54. The second-order valence-corrected chi connectivity index (χ2v) is 4.54. The van der Waals surface area contributed by atoms with Gasteiger partial charge in [0.05, 0.1) is 24.4 Å². The summed E-state index contributed by atoms with van der Waals surface area (Å²) in [6, 6.07) is 0. The molecule has 0 saturated heterocycles. The van der Waals surface area contributed by atoms with Crippen LogP contribution >= 0.6 is 0 Å². The minimum Gasteiger partial charge on any atom is -0.550 e. The molecule has 4 N–H and O–H groups in total. The molecule has 0 rings (SSSR count). The zero-order chi connectivity index (χ0) is 17.7. The molecule has 0 heterocycles. The molecule has 0 aromatic rings. The summed E-state index contributed by atoms with van der Waals surface area (Å²) in [7, 11) is 0. The third-order valence-electron chi connectivity index (χ3n) is 2.38. The molecule has 0 spiro atoms. The van der Waals surface area contributed by atoms with Crippen molar-refractivity contribution >= 4 is 49.7 Å². The van der Waals surface area contributed by atoms with Gasteiger partial charge in [-0.05, 0) is 0 Å². The van der Waals surface area contributed by atoms with Crippen LogP contribution in [0.25, 0.3) is 0 Å². The molecule has 0 bridgehead atoms. The minimum atomic E-state index is -1.33. The van der Waals surface area contributed by atoms with Gasteiger partial charge in [0.1, 0.15) is 0 Å². The van der Waals surface area contributed by atoms with Gasteiger partial charge in [-0.15, -0.1) is 13.2 Å². The Balaban J connectivity index is -0.000000333. The third kappa shape index (κ3) is 21.5. The SMILES string of the molecule is C=C[C@@H](O)C[C@@H](O)CC(=O)[O-].C=C[C@@H](O)C[C@@H](O)CC(=O)[O-].[Ca+2]. The van der Waals surface area contributed by atoms with Gasteiger partial charge in [0.15, 0.2) is 0 Å². The van der Waals surface area contributed by atoms with Crippen LogP contribution in [0.3, 0.4) is 0 Å². The Labute approximate surface area is 164 Å². The van der Waals surface area contributed by atoms with Crippen LogP contribution < -0.4 is 10.2 Å². The number of carbonyl (C=O) groups excluding carboxylic acids is 2. The quantitative estimate of drug-likeness (QED) is 0.231. The van der Waals surface area contributed by atoms with E-state index in [2.05, 4.69) is 13.2 Å². The maximum atomic E-state index is 9.90. The molecule has 0 radical (unpaired) electrons. The second-order valence-electron chi connectivity index (χ2n) is 4.54. The average molecular weight is 358 g/mol. The van der Waals surface area contributed by atoms with E-state index in [9.17, 15) is 19.8 Å². The Hall–Kier alpha value is -0.480. The summed E-state index contributed by atoms with van der Waals surface area (Å²) in [4.78, 5) is 19.8. The number of aliphatic hydroxyl groups excluding tert-OH is 4. The van der Waals surface area contributed by atoms with Crippen LogP contribution in [0.5, 0.6) is 0 Å². The molecule has 0 aliphatic rings. The van der Waals surface area contributed by atoms with Crippen molar-refractivity contribution in [3.8, 4) is 0 Å². The van der Waals surface area contributed by atoms with Gasteiger partial charge in [0.2, 0.25) is 0 Å². The Morgan fingerprint density at radius 3 is 1.26 bits per heavy atom. The van der Waals surface area contributed by atoms with Crippen LogP contribution in [-0.2, 0) is 9.59 Å². The molecular formula is C14H22CaO8. The fourth-order valence-electron chi connectivity index (χ4n) is 1.30. The molecule has 0 saturated carbocycles. The second kappa shape index (κ2) is 16.4. The zero-order valence-corrected chi connectivity index (χ0v) is 15.0. The Bertz CT molecular complexity index is 327. The summed E-state index contributed by atoms with van der Waals surface area (Å²) in [6.07, 6.45) is -2.31. The van der Waals surface area contributed by atoms with E-state index in [0.717, 1.165) is 0 Å². The first-order chi connectivity index (χ1) is 10.1. The molecular weight excluding hydrogens is 336 g/mol. The molecule has 9 heteroatoms. The molecule has 0 aromatic heterocycles. The van der Waals surface area contributed by atoms with Gasteiger partial charge in [-0.25, -0.2) is 0 Å².